The summed E-state index contributed by atoms with van der Waals surface area (Å²) in [5.74, 6) is 1.04. The van der Waals surface area contributed by atoms with E-state index in [1.165, 1.54) is 0 Å². The van der Waals surface area contributed by atoms with E-state index in [1.54, 1.807) is 22.5 Å². The van der Waals surface area contributed by atoms with Gasteiger partial charge in [-0.2, -0.15) is 0 Å². The number of imide groups is 1. The number of carbonyl (C=O) groups is 2. The molecule has 0 spiro atoms. The second-order valence-corrected chi connectivity index (χ2v) is 10.4. The van der Waals surface area contributed by atoms with Gasteiger partial charge in [0.1, 0.15) is 11.8 Å². The molecule has 4 heterocycles. The van der Waals surface area contributed by atoms with Crippen molar-refractivity contribution in [3.8, 4) is 0 Å². The minimum Gasteiger partial charge on any atom is -0.343 e. The lowest BCUT2D eigenvalue weighted by atomic mass is 9.62. The van der Waals surface area contributed by atoms with E-state index in [4.69, 9.17) is 0 Å². The average molecular weight is 441 g/mol. The SMILES string of the molecule is CC1(C)[C@@H]2CC[C@]1(C)C(=O)N(CCCC[NH+]1CCN(c3ncnc4nc[nH]c34)CC1)C2=O. The number of piperazine rings is 1. The number of nitrogens with zero attached hydrogens (tertiary/aromatic N) is 5. The van der Waals surface area contributed by atoms with Gasteiger partial charge in [-0.15, -0.1) is 0 Å². The summed E-state index contributed by atoms with van der Waals surface area (Å²) < 4.78 is 0. The van der Waals surface area contributed by atoms with Crippen molar-refractivity contribution in [3.63, 3.8) is 0 Å². The number of imidazole rings is 1. The van der Waals surface area contributed by atoms with Gasteiger partial charge in [-0.05, 0) is 31.1 Å². The second kappa shape index (κ2) is 7.79. The van der Waals surface area contributed by atoms with E-state index < -0.39 is 5.41 Å². The molecule has 1 saturated carbocycles. The molecule has 2 aromatic heterocycles. The Bertz CT molecular complexity index is 1030. The fourth-order valence-corrected chi connectivity index (χ4v) is 6.03. The van der Waals surface area contributed by atoms with E-state index in [-0.39, 0.29) is 23.1 Å². The molecule has 2 amide bonds. The summed E-state index contributed by atoms with van der Waals surface area (Å²) in [6.45, 7) is 11.9. The molecule has 2 aliphatic heterocycles. The zero-order valence-corrected chi connectivity index (χ0v) is 19.4. The molecule has 3 aliphatic rings. The number of rotatable bonds is 6. The second-order valence-electron chi connectivity index (χ2n) is 10.4. The first-order valence-electron chi connectivity index (χ1n) is 11.9. The Balaban J connectivity index is 1.10. The fourth-order valence-electron chi connectivity index (χ4n) is 6.03. The van der Waals surface area contributed by atoms with Crippen LogP contribution in [0.5, 0.6) is 0 Å². The molecule has 172 valence electrons. The zero-order chi connectivity index (χ0) is 22.5. The van der Waals surface area contributed by atoms with E-state index in [1.807, 2.05) is 0 Å². The number of aromatic nitrogens is 4. The molecule has 2 bridgehead atoms. The van der Waals surface area contributed by atoms with Crippen LogP contribution in [-0.2, 0) is 9.59 Å². The number of amides is 2. The molecule has 0 unspecified atom stereocenters. The van der Waals surface area contributed by atoms with Gasteiger partial charge < -0.3 is 14.8 Å². The van der Waals surface area contributed by atoms with Crippen molar-refractivity contribution in [2.45, 2.75) is 46.5 Å². The fraction of sp³-hybridized carbons (Fsp3) is 0.696. The van der Waals surface area contributed by atoms with Crippen LogP contribution in [0.25, 0.3) is 11.2 Å². The van der Waals surface area contributed by atoms with Gasteiger partial charge in [-0.25, -0.2) is 15.0 Å². The molecule has 3 fully saturated rings. The smallest absolute Gasteiger partial charge is 0.235 e. The van der Waals surface area contributed by atoms with Gasteiger partial charge >= 0.3 is 0 Å². The topological polar surface area (TPSA) is 99.5 Å². The highest BCUT2D eigenvalue weighted by molar-refractivity contribution is 6.03. The molecule has 5 rings (SSSR count). The first kappa shape index (κ1) is 21.3. The lowest BCUT2D eigenvalue weighted by Gasteiger charge is -2.47. The molecule has 32 heavy (non-hydrogen) atoms. The van der Waals surface area contributed by atoms with Crippen LogP contribution in [0.4, 0.5) is 5.82 Å². The first-order chi connectivity index (χ1) is 15.3. The highest BCUT2D eigenvalue weighted by Crippen LogP contribution is 2.60. The normalized spacial score (nSPS) is 28.2. The molecule has 2 atom stereocenters. The summed E-state index contributed by atoms with van der Waals surface area (Å²) in [6, 6.07) is 0. The summed E-state index contributed by atoms with van der Waals surface area (Å²) in [5.41, 5.74) is 0.983. The van der Waals surface area contributed by atoms with E-state index >= 15 is 0 Å². The number of fused-ring (bicyclic) bond motifs is 3. The third-order valence-corrected chi connectivity index (χ3v) is 8.64. The molecule has 9 nitrogen and oxygen atoms in total. The molecular weight excluding hydrogens is 406 g/mol. The third-order valence-electron chi connectivity index (χ3n) is 8.64. The third kappa shape index (κ3) is 3.20. The maximum absolute atomic E-state index is 13.1. The lowest BCUT2D eigenvalue weighted by molar-refractivity contribution is -0.900. The van der Waals surface area contributed by atoms with Crippen molar-refractivity contribution in [2.24, 2.45) is 16.7 Å². The molecule has 2 aromatic rings. The number of anilines is 1. The molecule has 2 N–H and O–H groups in total. The van der Waals surface area contributed by atoms with Crippen LogP contribution in [-0.4, -0.2) is 75.9 Å². The Labute approximate surface area is 188 Å². The van der Waals surface area contributed by atoms with E-state index in [0.29, 0.717) is 12.2 Å². The average Bonchev–Trinajstić information content (AvgIpc) is 3.33. The standard InChI is InChI=1S/C23H33N7O2/c1-22(2)16-6-7-23(22,3)21(32)30(20(16)31)9-5-4-8-28-10-12-29(13-11-28)19-17-18(25-14-24-17)26-15-27-19/h14-16H,4-13H2,1-3H3,(H,24,25,26,27)/p+1/t16-,23-/m1/s1. The highest BCUT2D eigenvalue weighted by atomic mass is 16.2. The van der Waals surface area contributed by atoms with Gasteiger partial charge in [0.2, 0.25) is 11.8 Å². The summed E-state index contributed by atoms with van der Waals surface area (Å²) >= 11 is 0. The van der Waals surface area contributed by atoms with Crippen LogP contribution in [0.15, 0.2) is 12.7 Å². The number of nitrogens with one attached hydrogen (secondary N) is 2. The van der Waals surface area contributed by atoms with Gasteiger partial charge in [0.15, 0.2) is 11.5 Å². The molecule has 2 saturated heterocycles. The number of aromatic amines is 1. The first-order valence-corrected chi connectivity index (χ1v) is 11.9. The monoisotopic (exact) mass is 440 g/mol. The Hall–Kier alpha value is -2.55. The number of quaternary nitrogens is 1. The summed E-state index contributed by atoms with van der Waals surface area (Å²) in [6.07, 6.45) is 6.82. The van der Waals surface area contributed by atoms with Crippen molar-refractivity contribution in [3.05, 3.63) is 12.7 Å². The van der Waals surface area contributed by atoms with E-state index in [9.17, 15) is 9.59 Å². The number of unbranched alkanes of at least 4 members (excludes halogenated alkanes) is 1. The van der Waals surface area contributed by atoms with Crippen molar-refractivity contribution in [2.75, 3.05) is 44.2 Å². The summed E-state index contributed by atoms with van der Waals surface area (Å²) in [4.78, 5) is 47.6. The van der Waals surface area contributed by atoms with Crippen LogP contribution < -0.4 is 9.80 Å². The summed E-state index contributed by atoms with van der Waals surface area (Å²) in [7, 11) is 0. The van der Waals surface area contributed by atoms with Gasteiger partial charge in [0, 0.05) is 12.5 Å². The van der Waals surface area contributed by atoms with Gasteiger partial charge in [0.25, 0.3) is 0 Å². The van der Waals surface area contributed by atoms with Crippen molar-refractivity contribution >= 4 is 28.8 Å². The number of hydrogen-bond donors (Lipinski definition) is 2. The van der Waals surface area contributed by atoms with Crippen LogP contribution in [0, 0.1) is 16.7 Å². The minimum atomic E-state index is -0.395. The Kier molecular flexibility index (Phi) is 5.19. The van der Waals surface area contributed by atoms with E-state index in [2.05, 4.69) is 45.6 Å². The van der Waals surface area contributed by atoms with Crippen LogP contribution in [0.1, 0.15) is 46.5 Å². The molecular formula is C23H34N7O2+. The highest BCUT2D eigenvalue weighted by Gasteiger charge is 2.64. The molecule has 0 radical (unpaired) electrons. The number of piperidine rings is 1. The number of likely N-dealkylation sites (tertiary alicyclic amines) is 1. The van der Waals surface area contributed by atoms with Gasteiger partial charge in [0.05, 0.1) is 44.5 Å². The number of hydrogen-bond acceptors (Lipinski definition) is 6. The van der Waals surface area contributed by atoms with Crippen molar-refractivity contribution in [1.82, 2.24) is 24.8 Å². The predicted molar refractivity (Wildman–Crippen MR) is 120 cm³/mol. The van der Waals surface area contributed by atoms with E-state index in [0.717, 1.165) is 69.7 Å². The number of carbonyl (C=O) groups excluding carboxylic acids is 2. The van der Waals surface area contributed by atoms with Crippen LogP contribution >= 0.6 is 0 Å². The molecule has 1 aliphatic carbocycles. The van der Waals surface area contributed by atoms with Crippen LogP contribution in [0.2, 0.25) is 0 Å². The molecule has 9 heteroatoms. The Morgan fingerprint density at radius 2 is 1.91 bits per heavy atom. The summed E-state index contributed by atoms with van der Waals surface area (Å²) in [5, 5.41) is 0. The number of H-pyrrole nitrogens is 1. The molecule has 0 aromatic carbocycles. The minimum absolute atomic E-state index is 0.00737. The van der Waals surface area contributed by atoms with Crippen LogP contribution in [0.3, 0.4) is 0 Å². The Morgan fingerprint density at radius 3 is 2.69 bits per heavy atom. The zero-order valence-electron chi connectivity index (χ0n) is 19.4. The van der Waals surface area contributed by atoms with Crippen molar-refractivity contribution in [1.29, 1.82) is 0 Å². The maximum Gasteiger partial charge on any atom is 0.235 e. The lowest BCUT2D eigenvalue weighted by Crippen LogP contribution is -3.14. The largest absolute Gasteiger partial charge is 0.343 e. The predicted octanol–water partition coefficient (Wildman–Crippen LogP) is 0.649. The van der Waals surface area contributed by atoms with Crippen molar-refractivity contribution < 1.29 is 14.5 Å². The quantitative estimate of drug-likeness (QED) is 0.505. The Morgan fingerprint density at radius 1 is 1.12 bits per heavy atom. The maximum atomic E-state index is 13.1. The van der Waals surface area contributed by atoms with Gasteiger partial charge in [-0.3, -0.25) is 14.5 Å². The van der Waals surface area contributed by atoms with Gasteiger partial charge in [-0.1, -0.05) is 20.8 Å².